The van der Waals surface area contributed by atoms with Gasteiger partial charge in [0.25, 0.3) is 0 Å². The van der Waals surface area contributed by atoms with E-state index in [2.05, 4.69) is 15.3 Å². The number of thiazole rings is 1. The predicted octanol–water partition coefficient (Wildman–Crippen LogP) is 7.84. The SMILES string of the molecule is COCc1nc(N(C[C@@H](NC(=O)OC(C)(C)C)[C@@H](C)c2ccc(C(F)(F)F)cc2)C(=O)O)sc1-c1ccc2cnc(F)cc2c1. The lowest BCUT2D eigenvalue weighted by Gasteiger charge is -2.30. The van der Waals surface area contributed by atoms with Crippen molar-refractivity contribution in [2.75, 3.05) is 18.6 Å². The van der Waals surface area contributed by atoms with Crippen LogP contribution < -0.4 is 10.2 Å². The molecule has 2 aromatic carbocycles. The summed E-state index contributed by atoms with van der Waals surface area (Å²) in [5.41, 5.74) is -0.180. The van der Waals surface area contributed by atoms with Crippen molar-refractivity contribution in [3.8, 4) is 10.4 Å². The normalized spacial score (nSPS) is 13.4. The van der Waals surface area contributed by atoms with Crippen molar-refractivity contribution >= 4 is 39.4 Å². The quantitative estimate of drug-likeness (QED) is 0.140. The molecule has 2 N–H and O–H groups in total. The second-order valence-electron chi connectivity index (χ2n) is 11.3. The van der Waals surface area contributed by atoms with Gasteiger partial charge in [-0.15, -0.1) is 0 Å². The van der Waals surface area contributed by atoms with Gasteiger partial charge in [0.05, 0.1) is 35.3 Å². The molecule has 4 rings (SSSR count). The Morgan fingerprint density at radius 3 is 2.36 bits per heavy atom. The molecule has 0 bridgehead atoms. The minimum Gasteiger partial charge on any atom is -0.465 e. The maximum Gasteiger partial charge on any atom is 0.416 e. The van der Waals surface area contributed by atoms with Gasteiger partial charge in [-0.2, -0.15) is 17.6 Å². The highest BCUT2D eigenvalue weighted by atomic mass is 32.1. The van der Waals surface area contributed by atoms with E-state index >= 15 is 0 Å². The minimum absolute atomic E-state index is 0.0452. The molecule has 45 heavy (non-hydrogen) atoms. The van der Waals surface area contributed by atoms with Gasteiger partial charge in [-0.25, -0.2) is 19.6 Å². The molecule has 2 heterocycles. The van der Waals surface area contributed by atoms with Crippen molar-refractivity contribution in [3.05, 3.63) is 77.5 Å². The number of alkyl carbamates (subject to hydrolysis) is 1. The molecular weight excluding hydrogens is 616 g/mol. The Hall–Kier alpha value is -4.30. The van der Waals surface area contributed by atoms with Crippen LogP contribution in [0.3, 0.4) is 0 Å². The molecule has 0 saturated heterocycles. The molecule has 0 fully saturated rings. The Morgan fingerprint density at radius 2 is 1.76 bits per heavy atom. The number of nitrogens with zero attached hydrogens (tertiary/aromatic N) is 3. The van der Waals surface area contributed by atoms with E-state index < -0.39 is 47.4 Å². The van der Waals surface area contributed by atoms with Crippen LogP contribution in [0.15, 0.2) is 54.7 Å². The van der Waals surface area contributed by atoms with Crippen LogP contribution in [0.4, 0.5) is 32.3 Å². The van der Waals surface area contributed by atoms with Crippen LogP contribution >= 0.6 is 11.3 Å². The number of aromatic nitrogens is 2. The maximum atomic E-state index is 13.8. The zero-order valence-electron chi connectivity index (χ0n) is 25.1. The first kappa shape index (κ1) is 33.6. The Bertz CT molecular complexity index is 1670. The molecule has 0 aliphatic heterocycles. The van der Waals surface area contributed by atoms with Crippen LogP contribution in [0.25, 0.3) is 21.2 Å². The molecule has 14 heteroatoms. The van der Waals surface area contributed by atoms with Gasteiger partial charge in [0.15, 0.2) is 5.13 Å². The Morgan fingerprint density at radius 1 is 1.07 bits per heavy atom. The number of carboxylic acid groups (broad SMARTS) is 1. The molecule has 2 atom stereocenters. The van der Waals surface area contributed by atoms with Gasteiger partial charge < -0.3 is 19.9 Å². The smallest absolute Gasteiger partial charge is 0.416 e. The summed E-state index contributed by atoms with van der Waals surface area (Å²) in [6, 6.07) is 10.1. The fourth-order valence-electron chi connectivity index (χ4n) is 4.60. The molecule has 0 aliphatic carbocycles. The Labute approximate surface area is 260 Å². The average molecular weight is 649 g/mol. The van der Waals surface area contributed by atoms with Gasteiger partial charge in [0, 0.05) is 30.7 Å². The first-order valence-electron chi connectivity index (χ1n) is 13.8. The zero-order valence-corrected chi connectivity index (χ0v) is 25.9. The number of hydrogen-bond acceptors (Lipinski definition) is 7. The van der Waals surface area contributed by atoms with Crippen LogP contribution in [0.5, 0.6) is 0 Å². The number of amides is 2. The van der Waals surface area contributed by atoms with E-state index in [4.69, 9.17) is 9.47 Å². The number of halogens is 4. The summed E-state index contributed by atoms with van der Waals surface area (Å²) < 4.78 is 64.1. The first-order chi connectivity index (χ1) is 21.1. The topological polar surface area (TPSA) is 114 Å². The number of carbonyl (C=O) groups excluding carboxylic acids is 1. The third-order valence-electron chi connectivity index (χ3n) is 6.83. The number of nitrogens with one attached hydrogen (secondary N) is 1. The molecule has 0 spiro atoms. The summed E-state index contributed by atoms with van der Waals surface area (Å²) in [6.45, 7) is 6.38. The van der Waals surface area contributed by atoms with Crippen LogP contribution in [0.1, 0.15) is 50.4 Å². The molecule has 2 aromatic heterocycles. The highest BCUT2D eigenvalue weighted by molar-refractivity contribution is 7.19. The summed E-state index contributed by atoms with van der Waals surface area (Å²) in [4.78, 5) is 35.2. The van der Waals surface area contributed by atoms with Crippen molar-refractivity contribution in [1.29, 1.82) is 0 Å². The molecule has 0 unspecified atom stereocenters. The summed E-state index contributed by atoms with van der Waals surface area (Å²) in [5, 5.41) is 14.3. The molecule has 0 radical (unpaired) electrons. The number of benzene rings is 2. The summed E-state index contributed by atoms with van der Waals surface area (Å²) in [7, 11) is 1.46. The highest BCUT2D eigenvalue weighted by Gasteiger charge is 2.33. The van der Waals surface area contributed by atoms with Crippen LogP contribution in [-0.4, -0.2) is 52.6 Å². The second kappa shape index (κ2) is 13.4. The van der Waals surface area contributed by atoms with E-state index in [0.29, 0.717) is 32.5 Å². The van der Waals surface area contributed by atoms with Crippen molar-refractivity contribution in [1.82, 2.24) is 15.3 Å². The summed E-state index contributed by atoms with van der Waals surface area (Å²) >= 11 is 1.06. The molecule has 0 saturated carbocycles. The number of pyridine rings is 1. The van der Waals surface area contributed by atoms with Crippen LogP contribution in [0, 0.1) is 5.95 Å². The van der Waals surface area contributed by atoms with Crippen molar-refractivity contribution in [2.45, 2.75) is 58.0 Å². The van der Waals surface area contributed by atoms with Crippen molar-refractivity contribution < 1.29 is 41.7 Å². The number of carbonyl (C=O) groups is 2. The number of fused-ring (bicyclic) bond motifs is 1. The van der Waals surface area contributed by atoms with E-state index in [9.17, 15) is 32.3 Å². The fraction of sp³-hybridized carbons (Fsp3) is 0.355. The Kier molecular flexibility index (Phi) is 9.98. The molecule has 240 valence electrons. The number of ether oxygens (including phenoxy) is 2. The number of rotatable bonds is 9. The third-order valence-corrected chi connectivity index (χ3v) is 8.00. The lowest BCUT2D eigenvalue weighted by atomic mass is 9.92. The van der Waals surface area contributed by atoms with E-state index in [1.54, 1.807) is 45.9 Å². The predicted molar refractivity (Wildman–Crippen MR) is 162 cm³/mol. The summed E-state index contributed by atoms with van der Waals surface area (Å²) in [5.74, 6) is -1.30. The van der Waals surface area contributed by atoms with E-state index in [-0.39, 0.29) is 18.3 Å². The minimum atomic E-state index is -4.53. The van der Waals surface area contributed by atoms with Crippen LogP contribution in [0.2, 0.25) is 0 Å². The molecule has 9 nitrogen and oxygen atoms in total. The van der Waals surface area contributed by atoms with Crippen molar-refractivity contribution in [3.63, 3.8) is 0 Å². The zero-order chi connectivity index (χ0) is 33.1. The number of hydrogen-bond donors (Lipinski definition) is 2. The number of alkyl halides is 3. The monoisotopic (exact) mass is 648 g/mol. The van der Waals surface area contributed by atoms with Gasteiger partial charge in [-0.1, -0.05) is 42.5 Å². The highest BCUT2D eigenvalue weighted by Crippen LogP contribution is 2.38. The van der Waals surface area contributed by atoms with E-state index in [1.165, 1.54) is 31.5 Å². The van der Waals surface area contributed by atoms with E-state index in [1.807, 2.05) is 0 Å². The van der Waals surface area contributed by atoms with Crippen molar-refractivity contribution in [2.24, 2.45) is 0 Å². The van der Waals surface area contributed by atoms with E-state index in [0.717, 1.165) is 28.4 Å². The van der Waals surface area contributed by atoms with Gasteiger partial charge in [-0.05, 0) is 55.5 Å². The molecule has 4 aromatic rings. The van der Waals surface area contributed by atoms with Gasteiger partial charge in [0.2, 0.25) is 5.95 Å². The number of anilines is 1. The lowest BCUT2D eigenvalue weighted by molar-refractivity contribution is -0.137. The summed E-state index contributed by atoms with van der Waals surface area (Å²) in [6.07, 6.45) is -5.32. The number of methoxy groups -OCH3 is 1. The fourth-order valence-corrected chi connectivity index (χ4v) is 5.67. The Balaban J connectivity index is 1.72. The van der Waals surface area contributed by atoms with Gasteiger partial charge in [0.1, 0.15) is 5.60 Å². The average Bonchev–Trinajstić information content (AvgIpc) is 3.36. The molecular formula is C31H32F4N4O5S. The largest absolute Gasteiger partial charge is 0.465 e. The van der Waals surface area contributed by atoms with Gasteiger partial charge in [-0.3, -0.25) is 4.90 Å². The standard InChI is InChI=1S/C31H32F4N4O5S/c1-17(18-8-10-22(11-9-18)31(33,34)35)23(38-28(40)44-30(2,3)4)15-39(29(41)42)27-37-24(16-43-5)26(45-27)19-6-7-20-14-36-25(32)13-21(20)12-19/h6-14,17,23H,15-16H2,1-5H3,(H,38,40)(H,41,42)/t17-,23+/m0/s1. The maximum absolute atomic E-state index is 13.8. The first-order valence-corrected chi connectivity index (χ1v) is 14.6. The third kappa shape index (κ3) is 8.45. The van der Waals surface area contributed by atoms with Gasteiger partial charge >= 0.3 is 18.4 Å². The lowest BCUT2D eigenvalue weighted by Crippen LogP contribution is -2.49. The molecule has 2 amide bonds. The second-order valence-corrected chi connectivity index (χ2v) is 12.3. The molecule has 0 aliphatic rings. The van der Waals surface area contributed by atoms with Crippen LogP contribution in [-0.2, 0) is 22.3 Å².